The predicted molar refractivity (Wildman–Crippen MR) is 100 cm³/mol. The summed E-state index contributed by atoms with van der Waals surface area (Å²) in [6.45, 7) is 6.87. The van der Waals surface area contributed by atoms with Crippen molar-refractivity contribution in [2.45, 2.75) is 26.8 Å². The number of amides is 1. The van der Waals surface area contributed by atoms with Gasteiger partial charge in [0.1, 0.15) is 11.5 Å². The van der Waals surface area contributed by atoms with Crippen LogP contribution in [0.25, 0.3) is 0 Å². The van der Waals surface area contributed by atoms with Crippen LogP contribution in [0.1, 0.15) is 32.4 Å². The minimum Gasteiger partial charge on any atom is -0.497 e. The summed E-state index contributed by atoms with van der Waals surface area (Å²) in [5.74, 6) is 2.22. The average molecular weight is 350 g/mol. The topological polar surface area (TPSA) is 84.0 Å². The molecule has 1 amide bonds. The molecule has 7 heteroatoms. The van der Waals surface area contributed by atoms with E-state index < -0.39 is 0 Å². The molecular weight excluding hydrogens is 320 g/mol. The third-order valence-electron chi connectivity index (χ3n) is 3.72. The molecule has 0 saturated heterocycles. The monoisotopic (exact) mass is 350 g/mol. The second kappa shape index (κ2) is 10.4. The fraction of sp³-hybridized carbons (Fsp3) is 0.556. The lowest BCUT2D eigenvalue weighted by molar-refractivity contribution is -0.123. The SMILES string of the molecule is CN=C(NCCNC(=O)C(C)C)NC(C)c1cc(OC)ccc1OC. The molecule has 0 aromatic heterocycles. The zero-order chi connectivity index (χ0) is 18.8. The van der Waals surface area contributed by atoms with Gasteiger partial charge in [-0.1, -0.05) is 13.8 Å². The molecule has 0 heterocycles. The number of guanidine groups is 1. The molecule has 1 aromatic carbocycles. The second-order valence-corrected chi connectivity index (χ2v) is 5.92. The molecule has 0 radical (unpaired) electrons. The van der Waals surface area contributed by atoms with Gasteiger partial charge in [-0.3, -0.25) is 9.79 Å². The summed E-state index contributed by atoms with van der Waals surface area (Å²) < 4.78 is 10.7. The van der Waals surface area contributed by atoms with Gasteiger partial charge in [-0.2, -0.15) is 0 Å². The van der Waals surface area contributed by atoms with Crippen LogP contribution >= 0.6 is 0 Å². The number of nitrogens with one attached hydrogen (secondary N) is 3. The maximum Gasteiger partial charge on any atom is 0.222 e. The van der Waals surface area contributed by atoms with Gasteiger partial charge in [0, 0.05) is 31.6 Å². The summed E-state index contributed by atoms with van der Waals surface area (Å²) in [5.41, 5.74) is 0.970. The first kappa shape index (κ1) is 20.6. The predicted octanol–water partition coefficient (Wildman–Crippen LogP) is 1.70. The smallest absolute Gasteiger partial charge is 0.222 e. The van der Waals surface area contributed by atoms with Gasteiger partial charge in [0.2, 0.25) is 5.91 Å². The lowest BCUT2D eigenvalue weighted by Crippen LogP contribution is -2.42. The summed E-state index contributed by atoms with van der Waals surface area (Å²) in [6, 6.07) is 5.64. The lowest BCUT2D eigenvalue weighted by Gasteiger charge is -2.21. The zero-order valence-corrected chi connectivity index (χ0v) is 16.0. The average Bonchev–Trinajstić information content (AvgIpc) is 2.62. The molecule has 0 bridgehead atoms. The molecule has 0 aliphatic heterocycles. The Hall–Kier alpha value is -2.44. The largest absolute Gasteiger partial charge is 0.497 e. The zero-order valence-electron chi connectivity index (χ0n) is 16.0. The van der Waals surface area contributed by atoms with Crippen molar-refractivity contribution in [3.05, 3.63) is 23.8 Å². The number of hydrogen-bond donors (Lipinski definition) is 3. The van der Waals surface area contributed by atoms with Crippen LogP contribution in [-0.2, 0) is 4.79 Å². The van der Waals surface area contributed by atoms with E-state index in [0.29, 0.717) is 19.0 Å². The minimum atomic E-state index is -0.0403. The van der Waals surface area contributed by atoms with Crippen LogP contribution < -0.4 is 25.4 Å². The molecule has 3 N–H and O–H groups in total. The van der Waals surface area contributed by atoms with E-state index in [1.807, 2.05) is 39.0 Å². The van der Waals surface area contributed by atoms with Crippen molar-refractivity contribution < 1.29 is 14.3 Å². The molecule has 0 saturated carbocycles. The number of aliphatic imine (C=N–C) groups is 1. The summed E-state index contributed by atoms with van der Waals surface area (Å²) in [6.07, 6.45) is 0. The number of nitrogens with zero attached hydrogens (tertiary/aromatic N) is 1. The Morgan fingerprint density at radius 3 is 2.36 bits per heavy atom. The Morgan fingerprint density at radius 1 is 1.12 bits per heavy atom. The van der Waals surface area contributed by atoms with Crippen LogP contribution in [0.4, 0.5) is 0 Å². The maximum atomic E-state index is 11.5. The summed E-state index contributed by atoms with van der Waals surface area (Å²) in [5, 5.41) is 9.35. The first-order valence-corrected chi connectivity index (χ1v) is 8.39. The number of ether oxygens (including phenoxy) is 2. The quantitative estimate of drug-likeness (QED) is 0.378. The minimum absolute atomic E-state index is 0.0158. The highest BCUT2D eigenvalue weighted by molar-refractivity contribution is 5.80. The molecule has 1 unspecified atom stereocenters. The van der Waals surface area contributed by atoms with Gasteiger partial charge in [-0.25, -0.2) is 0 Å². The molecule has 0 aliphatic carbocycles. The van der Waals surface area contributed by atoms with Gasteiger partial charge < -0.3 is 25.4 Å². The Bertz CT molecular complexity index is 588. The highest BCUT2D eigenvalue weighted by Crippen LogP contribution is 2.29. The van der Waals surface area contributed by atoms with Crippen LogP contribution in [-0.4, -0.2) is 46.2 Å². The number of benzene rings is 1. The van der Waals surface area contributed by atoms with E-state index in [0.717, 1.165) is 17.1 Å². The number of carbonyl (C=O) groups excluding carboxylic acids is 1. The molecule has 7 nitrogen and oxygen atoms in total. The van der Waals surface area contributed by atoms with E-state index in [1.54, 1.807) is 21.3 Å². The van der Waals surface area contributed by atoms with Crippen LogP contribution in [0.3, 0.4) is 0 Å². The fourth-order valence-corrected chi connectivity index (χ4v) is 2.23. The lowest BCUT2D eigenvalue weighted by atomic mass is 10.1. The highest BCUT2D eigenvalue weighted by atomic mass is 16.5. The first-order chi connectivity index (χ1) is 11.9. The van der Waals surface area contributed by atoms with Gasteiger partial charge in [0.05, 0.1) is 20.3 Å². The van der Waals surface area contributed by atoms with Gasteiger partial charge in [-0.05, 0) is 25.1 Å². The van der Waals surface area contributed by atoms with Gasteiger partial charge in [-0.15, -0.1) is 0 Å². The normalized spacial score (nSPS) is 12.5. The fourth-order valence-electron chi connectivity index (χ4n) is 2.23. The third-order valence-corrected chi connectivity index (χ3v) is 3.72. The van der Waals surface area contributed by atoms with Crippen molar-refractivity contribution in [2.24, 2.45) is 10.9 Å². The van der Waals surface area contributed by atoms with E-state index >= 15 is 0 Å². The molecule has 1 atom stereocenters. The molecule has 1 rings (SSSR count). The second-order valence-electron chi connectivity index (χ2n) is 5.92. The van der Waals surface area contributed by atoms with E-state index in [4.69, 9.17) is 9.47 Å². The Kier molecular flexibility index (Phi) is 8.60. The third kappa shape index (κ3) is 6.52. The van der Waals surface area contributed by atoms with Crippen molar-refractivity contribution in [3.8, 4) is 11.5 Å². The van der Waals surface area contributed by atoms with Gasteiger partial charge in [0.25, 0.3) is 0 Å². The van der Waals surface area contributed by atoms with Crippen LogP contribution in [0.2, 0.25) is 0 Å². The van der Waals surface area contributed by atoms with Crippen LogP contribution in [0.5, 0.6) is 11.5 Å². The number of hydrogen-bond acceptors (Lipinski definition) is 4. The molecule has 0 aliphatic rings. The molecule has 25 heavy (non-hydrogen) atoms. The maximum absolute atomic E-state index is 11.5. The number of methoxy groups -OCH3 is 2. The summed E-state index contributed by atoms with van der Waals surface area (Å²) in [4.78, 5) is 15.8. The first-order valence-electron chi connectivity index (χ1n) is 8.39. The van der Waals surface area contributed by atoms with Gasteiger partial charge in [0.15, 0.2) is 5.96 Å². The molecule has 0 fully saturated rings. The molecule has 0 spiro atoms. The molecular formula is C18H30N4O3. The van der Waals surface area contributed by atoms with Crippen molar-refractivity contribution >= 4 is 11.9 Å². The van der Waals surface area contributed by atoms with E-state index in [-0.39, 0.29) is 17.9 Å². The van der Waals surface area contributed by atoms with E-state index in [1.165, 1.54) is 0 Å². The Balaban J connectivity index is 2.62. The highest BCUT2D eigenvalue weighted by Gasteiger charge is 2.14. The van der Waals surface area contributed by atoms with Crippen molar-refractivity contribution in [2.75, 3.05) is 34.4 Å². The number of carbonyl (C=O) groups is 1. The van der Waals surface area contributed by atoms with Gasteiger partial charge >= 0.3 is 0 Å². The Labute approximate surface area is 150 Å². The summed E-state index contributed by atoms with van der Waals surface area (Å²) >= 11 is 0. The van der Waals surface area contributed by atoms with E-state index in [2.05, 4.69) is 20.9 Å². The molecule has 140 valence electrons. The van der Waals surface area contributed by atoms with Crippen LogP contribution in [0.15, 0.2) is 23.2 Å². The summed E-state index contributed by atoms with van der Waals surface area (Å²) in [7, 11) is 4.98. The number of rotatable bonds is 8. The standard InChI is InChI=1S/C18H30N4O3/c1-12(2)17(23)20-9-10-21-18(19-4)22-13(3)15-11-14(24-5)7-8-16(15)25-6/h7-8,11-13H,9-10H2,1-6H3,(H,20,23)(H2,19,21,22). The van der Waals surface area contributed by atoms with Crippen LogP contribution in [0, 0.1) is 5.92 Å². The van der Waals surface area contributed by atoms with Crippen molar-refractivity contribution in [1.82, 2.24) is 16.0 Å². The van der Waals surface area contributed by atoms with Crippen molar-refractivity contribution in [1.29, 1.82) is 0 Å². The molecule has 1 aromatic rings. The Morgan fingerprint density at radius 2 is 1.80 bits per heavy atom. The van der Waals surface area contributed by atoms with Crippen molar-refractivity contribution in [3.63, 3.8) is 0 Å². The van der Waals surface area contributed by atoms with E-state index in [9.17, 15) is 4.79 Å².